The summed E-state index contributed by atoms with van der Waals surface area (Å²) in [5, 5.41) is 0. The van der Waals surface area contributed by atoms with Gasteiger partial charge in [-0.05, 0) is 71.9 Å². The number of alkyl halides is 1. The lowest BCUT2D eigenvalue weighted by molar-refractivity contribution is 0.0589. The lowest BCUT2D eigenvalue weighted by atomic mass is 9.89. The van der Waals surface area contributed by atoms with Crippen molar-refractivity contribution in [3.8, 4) is 0 Å². The Bertz CT molecular complexity index is 1060. The molecule has 0 radical (unpaired) electrons. The highest BCUT2D eigenvalue weighted by Crippen LogP contribution is 2.40. The number of rotatable bonds is 7. The second-order valence-electron chi connectivity index (χ2n) is 8.77. The number of allylic oxidation sites excluding steroid dienone is 1. The molecule has 7 heteroatoms. The fourth-order valence-corrected chi connectivity index (χ4v) is 5.56. The van der Waals surface area contributed by atoms with Crippen molar-refractivity contribution < 1.29 is 22.7 Å². The van der Waals surface area contributed by atoms with Gasteiger partial charge in [0.15, 0.2) is 0 Å². The number of ether oxygens (including phenoxy) is 1. The quantitative estimate of drug-likeness (QED) is 0.413. The van der Waals surface area contributed by atoms with Gasteiger partial charge >= 0.3 is 5.97 Å². The fourth-order valence-electron chi connectivity index (χ4n) is 4.83. The average molecular weight is 522 g/mol. The molecule has 176 valence electrons. The molecule has 1 aliphatic carbocycles. The molecule has 3 nitrogen and oxygen atoms in total. The summed E-state index contributed by atoms with van der Waals surface area (Å²) in [5.74, 6) is -2.20. The average Bonchev–Trinajstić information content (AvgIpc) is 2.94. The van der Waals surface area contributed by atoms with E-state index in [-0.39, 0.29) is 6.67 Å². The van der Waals surface area contributed by atoms with Crippen LogP contribution in [0.2, 0.25) is 0 Å². The molecule has 0 unspecified atom stereocenters. The first kappa shape index (κ1) is 24.0. The minimum atomic E-state index is -1.01. The van der Waals surface area contributed by atoms with E-state index in [0.717, 1.165) is 48.8 Å². The molecule has 2 aromatic rings. The molecule has 1 aliphatic heterocycles. The minimum Gasteiger partial charge on any atom is -0.465 e. The number of methoxy groups -OCH3 is 1. The summed E-state index contributed by atoms with van der Waals surface area (Å²) in [6, 6.07) is 9.36. The van der Waals surface area contributed by atoms with Gasteiger partial charge in [0.2, 0.25) is 0 Å². The maximum absolute atomic E-state index is 15.2. The van der Waals surface area contributed by atoms with Gasteiger partial charge in [0.05, 0.1) is 13.8 Å². The summed E-state index contributed by atoms with van der Waals surface area (Å²) in [6.45, 7) is 2.53. The van der Waals surface area contributed by atoms with E-state index in [1.165, 1.54) is 11.6 Å². The molecule has 0 amide bonds. The van der Waals surface area contributed by atoms with E-state index in [1.54, 1.807) is 0 Å². The molecule has 33 heavy (non-hydrogen) atoms. The largest absolute Gasteiger partial charge is 0.465 e. The first-order chi connectivity index (χ1) is 15.9. The van der Waals surface area contributed by atoms with Gasteiger partial charge in [0.25, 0.3) is 0 Å². The van der Waals surface area contributed by atoms with Crippen molar-refractivity contribution in [2.75, 3.05) is 33.4 Å². The Balaban J connectivity index is 1.59. The van der Waals surface area contributed by atoms with Crippen LogP contribution in [-0.2, 0) is 17.6 Å². The Morgan fingerprint density at radius 3 is 2.58 bits per heavy atom. The predicted molar refractivity (Wildman–Crippen MR) is 126 cm³/mol. The lowest BCUT2D eigenvalue weighted by Gasteiger charge is -2.39. The highest BCUT2D eigenvalue weighted by molar-refractivity contribution is 9.11. The number of fused-ring (bicyclic) bond motifs is 1. The number of hydrogen-bond acceptors (Lipinski definition) is 3. The molecule has 1 saturated heterocycles. The molecule has 2 aliphatic rings. The van der Waals surface area contributed by atoms with Gasteiger partial charge < -0.3 is 9.64 Å². The van der Waals surface area contributed by atoms with Crippen LogP contribution in [0.1, 0.15) is 51.9 Å². The Labute approximate surface area is 200 Å². The molecule has 0 saturated carbocycles. The molecule has 1 heterocycles. The van der Waals surface area contributed by atoms with E-state index in [4.69, 9.17) is 0 Å². The van der Waals surface area contributed by atoms with E-state index < -0.39 is 23.2 Å². The minimum absolute atomic E-state index is 0.269. The predicted octanol–water partition coefficient (Wildman–Crippen LogP) is 6.08. The van der Waals surface area contributed by atoms with Crippen LogP contribution in [0, 0.1) is 17.6 Å². The third kappa shape index (κ3) is 5.04. The number of nitrogens with zero attached hydrogens (tertiary/aromatic N) is 1. The van der Waals surface area contributed by atoms with Gasteiger partial charge in [0.1, 0.15) is 17.2 Å². The van der Waals surface area contributed by atoms with Crippen LogP contribution < -0.4 is 0 Å². The molecule has 2 aromatic carbocycles. The van der Waals surface area contributed by atoms with E-state index in [1.807, 2.05) is 12.1 Å². The van der Waals surface area contributed by atoms with Crippen LogP contribution in [0.25, 0.3) is 5.57 Å². The summed E-state index contributed by atoms with van der Waals surface area (Å²) in [5.41, 5.74) is 3.01. The number of esters is 1. The topological polar surface area (TPSA) is 29.5 Å². The zero-order valence-electron chi connectivity index (χ0n) is 18.6. The number of hydrogen-bond donors (Lipinski definition) is 0. The van der Waals surface area contributed by atoms with Crippen molar-refractivity contribution in [1.82, 2.24) is 4.90 Å². The maximum atomic E-state index is 15.2. The smallest absolute Gasteiger partial charge is 0.343 e. The van der Waals surface area contributed by atoms with Crippen molar-refractivity contribution in [3.05, 3.63) is 74.3 Å². The first-order valence-electron chi connectivity index (χ1n) is 11.3. The van der Waals surface area contributed by atoms with Crippen molar-refractivity contribution in [1.29, 1.82) is 0 Å². The zero-order chi connectivity index (χ0) is 23.5. The molecular formula is C26H27BrF3NO2. The Kier molecular flexibility index (Phi) is 7.59. The van der Waals surface area contributed by atoms with Crippen molar-refractivity contribution >= 4 is 27.5 Å². The van der Waals surface area contributed by atoms with Gasteiger partial charge in [-0.15, -0.1) is 0 Å². The molecule has 0 atom stereocenters. The number of halogens is 4. The van der Waals surface area contributed by atoms with E-state index in [2.05, 4.69) is 37.7 Å². The molecule has 1 fully saturated rings. The van der Waals surface area contributed by atoms with Crippen molar-refractivity contribution in [2.45, 2.75) is 32.1 Å². The Hall–Kier alpha value is -2.12. The van der Waals surface area contributed by atoms with Gasteiger partial charge in [-0.1, -0.05) is 40.2 Å². The van der Waals surface area contributed by atoms with Gasteiger partial charge in [-0.3, -0.25) is 4.39 Å². The Morgan fingerprint density at radius 1 is 1.18 bits per heavy atom. The van der Waals surface area contributed by atoms with Crippen LogP contribution in [0.5, 0.6) is 0 Å². The van der Waals surface area contributed by atoms with E-state index in [0.29, 0.717) is 42.7 Å². The first-order valence-corrected chi connectivity index (χ1v) is 12.1. The second kappa shape index (κ2) is 10.4. The van der Waals surface area contributed by atoms with E-state index in [9.17, 15) is 13.6 Å². The summed E-state index contributed by atoms with van der Waals surface area (Å²) >= 11 is 3.64. The lowest BCUT2D eigenvalue weighted by Crippen LogP contribution is -2.47. The van der Waals surface area contributed by atoms with Crippen LogP contribution in [-0.4, -0.2) is 44.3 Å². The number of carbonyl (C=O) groups excluding carboxylic acids is 1. The van der Waals surface area contributed by atoms with Crippen LogP contribution in [0.3, 0.4) is 0 Å². The fraction of sp³-hybridized carbons (Fsp3) is 0.423. The summed E-state index contributed by atoms with van der Waals surface area (Å²) in [6.07, 6.45) is 3.32. The standard InChI is InChI=1S/C26H27BrF3NO2/c1-33-26(32)24-22(29)13-20-19(25(24)30)4-2-5-21(27)23(20)18-8-6-16(7-9-18)12-17-14-31(15-17)11-3-10-28/h6-9,13,17H,2-5,10-12,14-15H2,1H3. The van der Waals surface area contributed by atoms with Gasteiger partial charge in [-0.25, -0.2) is 13.6 Å². The zero-order valence-corrected chi connectivity index (χ0v) is 20.2. The highest BCUT2D eigenvalue weighted by atomic mass is 79.9. The van der Waals surface area contributed by atoms with Crippen LogP contribution in [0.4, 0.5) is 13.2 Å². The van der Waals surface area contributed by atoms with E-state index >= 15 is 4.39 Å². The van der Waals surface area contributed by atoms with Gasteiger partial charge in [0, 0.05) is 24.1 Å². The summed E-state index contributed by atoms with van der Waals surface area (Å²) in [4.78, 5) is 14.2. The van der Waals surface area contributed by atoms with Crippen molar-refractivity contribution in [3.63, 3.8) is 0 Å². The van der Waals surface area contributed by atoms with Crippen LogP contribution in [0.15, 0.2) is 34.8 Å². The van der Waals surface area contributed by atoms with Gasteiger partial charge in [-0.2, -0.15) is 0 Å². The van der Waals surface area contributed by atoms with Crippen LogP contribution >= 0.6 is 15.9 Å². The molecule has 0 N–H and O–H groups in total. The summed E-state index contributed by atoms with van der Waals surface area (Å²) in [7, 11) is 1.11. The molecule has 0 aromatic heterocycles. The number of likely N-dealkylation sites (tertiary alicyclic amines) is 1. The third-order valence-electron chi connectivity index (χ3n) is 6.48. The monoisotopic (exact) mass is 521 g/mol. The molecule has 4 rings (SSSR count). The second-order valence-corrected chi connectivity index (χ2v) is 9.72. The molecule has 0 spiro atoms. The number of benzene rings is 2. The number of carbonyl (C=O) groups is 1. The molecular weight excluding hydrogens is 495 g/mol. The highest BCUT2D eigenvalue weighted by Gasteiger charge is 2.29. The molecule has 0 bridgehead atoms. The third-order valence-corrected chi connectivity index (χ3v) is 7.27. The summed E-state index contributed by atoms with van der Waals surface area (Å²) < 4.78 is 47.8. The normalized spacial score (nSPS) is 16.9. The maximum Gasteiger partial charge on any atom is 0.343 e. The van der Waals surface area contributed by atoms with Crippen molar-refractivity contribution in [2.24, 2.45) is 5.92 Å². The Morgan fingerprint density at radius 2 is 1.91 bits per heavy atom. The SMILES string of the molecule is COC(=O)c1c(F)cc2c(c1F)CCCC(Br)=C2c1ccc(CC2CN(CCCF)C2)cc1.